The zero-order valence-corrected chi connectivity index (χ0v) is 13.5. The highest BCUT2D eigenvalue weighted by atomic mass is 32.2. The number of benzene rings is 1. The van der Waals surface area contributed by atoms with E-state index >= 15 is 0 Å². The Morgan fingerprint density at radius 1 is 1.42 bits per heavy atom. The summed E-state index contributed by atoms with van der Waals surface area (Å²) in [7, 11) is 0. The molecule has 0 bridgehead atoms. The van der Waals surface area contributed by atoms with Gasteiger partial charge < -0.3 is 10.6 Å². The van der Waals surface area contributed by atoms with Crippen molar-refractivity contribution in [3.05, 3.63) is 29.8 Å². The Balaban J connectivity index is 1.57. The summed E-state index contributed by atoms with van der Waals surface area (Å²) in [5.74, 6) is -0.207. The number of thioether (sulfide) groups is 1. The molecule has 0 spiro atoms. The second-order valence-corrected chi connectivity index (χ2v) is 7.52. The van der Waals surface area contributed by atoms with Gasteiger partial charge in [0.05, 0.1) is 17.7 Å². The predicted molar refractivity (Wildman–Crippen MR) is 83.2 cm³/mol. The van der Waals surface area contributed by atoms with E-state index in [1.807, 2.05) is 0 Å². The summed E-state index contributed by atoms with van der Waals surface area (Å²) in [4.78, 5) is 12.7. The Kier molecular flexibility index (Phi) is 4.49. The van der Waals surface area contributed by atoms with Crippen molar-refractivity contribution in [2.45, 2.75) is 47.2 Å². The lowest BCUT2D eigenvalue weighted by atomic mass is 10.2. The third-order valence-corrected chi connectivity index (χ3v) is 5.42. The van der Waals surface area contributed by atoms with E-state index in [4.69, 9.17) is 5.26 Å². The Hall–Kier alpha value is -1.72. The van der Waals surface area contributed by atoms with E-state index in [0.29, 0.717) is 30.7 Å². The summed E-state index contributed by atoms with van der Waals surface area (Å²) in [6, 6.07) is 6.91. The van der Waals surface area contributed by atoms with Crippen molar-refractivity contribution >= 4 is 17.7 Å². The number of halogens is 3. The van der Waals surface area contributed by atoms with Gasteiger partial charge in [-0.25, -0.2) is 0 Å². The molecule has 1 amide bonds. The minimum Gasteiger partial charge on any atom is -0.336 e. The number of carbonyl (C=O) groups excluding carboxylic acids is 1. The van der Waals surface area contributed by atoms with Crippen LogP contribution in [0.25, 0.3) is 0 Å². The number of rotatable bonds is 4. The lowest BCUT2D eigenvalue weighted by Crippen LogP contribution is -2.45. The molecule has 24 heavy (non-hydrogen) atoms. The van der Waals surface area contributed by atoms with Gasteiger partial charge in [0, 0.05) is 16.7 Å². The molecule has 128 valence electrons. The van der Waals surface area contributed by atoms with Crippen molar-refractivity contribution in [1.29, 1.82) is 5.26 Å². The van der Waals surface area contributed by atoms with E-state index in [1.165, 1.54) is 17.8 Å². The summed E-state index contributed by atoms with van der Waals surface area (Å²) >= 11 is 1.33. The zero-order chi connectivity index (χ0) is 17.4. The highest BCUT2D eigenvalue weighted by molar-refractivity contribution is 8.00. The third-order valence-electron chi connectivity index (χ3n) is 4.20. The molecule has 0 unspecified atom stereocenters. The first-order chi connectivity index (χ1) is 11.3. The fraction of sp³-hybridized carbons (Fsp3) is 0.500. The van der Waals surface area contributed by atoms with Gasteiger partial charge in [-0.15, -0.1) is 11.8 Å². The SMILES string of the molecule is N#CC1(NC(=O)[C@@H]2C[C@@H](Sc3cccc(C(F)(F)F)c3)CN2)CC1. The van der Waals surface area contributed by atoms with Crippen LogP contribution in [0.15, 0.2) is 29.2 Å². The van der Waals surface area contributed by atoms with Gasteiger partial charge in [-0.1, -0.05) is 6.07 Å². The highest BCUT2D eigenvalue weighted by Gasteiger charge is 2.46. The van der Waals surface area contributed by atoms with Crippen LogP contribution in [0.4, 0.5) is 13.2 Å². The maximum atomic E-state index is 12.7. The molecular weight excluding hydrogens is 339 g/mol. The minimum absolute atomic E-state index is 0.0153. The zero-order valence-electron chi connectivity index (χ0n) is 12.7. The Morgan fingerprint density at radius 3 is 2.79 bits per heavy atom. The van der Waals surface area contributed by atoms with E-state index in [0.717, 1.165) is 12.1 Å². The molecule has 2 aliphatic rings. The number of nitrogens with zero attached hydrogens (tertiary/aromatic N) is 1. The van der Waals surface area contributed by atoms with Gasteiger partial charge in [0.25, 0.3) is 0 Å². The van der Waals surface area contributed by atoms with E-state index in [1.54, 1.807) is 6.07 Å². The molecule has 3 rings (SSSR count). The fourth-order valence-corrected chi connectivity index (χ4v) is 3.85. The molecule has 4 nitrogen and oxygen atoms in total. The van der Waals surface area contributed by atoms with Gasteiger partial charge >= 0.3 is 6.18 Å². The van der Waals surface area contributed by atoms with Gasteiger partial charge in [-0.05, 0) is 37.5 Å². The topological polar surface area (TPSA) is 64.9 Å². The Morgan fingerprint density at radius 2 is 2.17 bits per heavy atom. The minimum atomic E-state index is -4.36. The normalized spacial score (nSPS) is 25.1. The monoisotopic (exact) mass is 355 g/mol. The smallest absolute Gasteiger partial charge is 0.336 e. The molecule has 1 saturated heterocycles. The van der Waals surface area contributed by atoms with Crippen LogP contribution < -0.4 is 10.6 Å². The highest BCUT2D eigenvalue weighted by Crippen LogP contribution is 2.36. The number of alkyl halides is 3. The third kappa shape index (κ3) is 3.84. The van der Waals surface area contributed by atoms with Crippen LogP contribution >= 0.6 is 11.8 Å². The molecular formula is C16H16F3N3OS. The van der Waals surface area contributed by atoms with Crippen molar-refractivity contribution in [2.24, 2.45) is 0 Å². The molecule has 0 aromatic heterocycles. The molecule has 1 saturated carbocycles. The molecule has 2 fully saturated rings. The average Bonchev–Trinajstić information content (AvgIpc) is 3.15. The van der Waals surface area contributed by atoms with Crippen LogP contribution in [0, 0.1) is 11.3 Å². The number of nitrogens with one attached hydrogen (secondary N) is 2. The van der Waals surface area contributed by atoms with E-state index in [-0.39, 0.29) is 11.2 Å². The Bertz CT molecular complexity index is 682. The average molecular weight is 355 g/mol. The largest absolute Gasteiger partial charge is 0.416 e. The molecule has 1 heterocycles. The number of hydrogen-bond acceptors (Lipinski definition) is 4. The maximum absolute atomic E-state index is 12.7. The first-order valence-electron chi connectivity index (χ1n) is 7.62. The van der Waals surface area contributed by atoms with E-state index in [9.17, 15) is 18.0 Å². The fourth-order valence-electron chi connectivity index (χ4n) is 2.64. The summed E-state index contributed by atoms with van der Waals surface area (Å²) in [6.45, 7) is 0.540. The molecule has 0 radical (unpaired) electrons. The molecule has 1 aliphatic carbocycles. The predicted octanol–water partition coefficient (Wildman–Crippen LogP) is 2.70. The van der Waals surface area contributed by atoms with Crippen molar-refractivity contribution < 1.29 is 18.0 Å². The molecule has 2 atom stereocenters. The van der Waals surface area contributed by atoms with E-state index in [2.05, 4.69) is 16.7 Å². The summed E-state index contributed by atoms with van der Waals surface area (Å²) in [6.07, 6.45) is -2.49. The van der Waals surface area contributed by atoms with Crippen LogP contribution in [0.1, 0.15) is 24.8 Å². The van der Waals surface area contributed by atoms with Gasteiger partial charge in [0.2, 0.25) is 5.91 Å². The van der Waals surface area contributed by atoms with Gasteiger partial charge in [-0.3, -0.25) is 4.79 Å². The molecule has 1 aromatic rings. The lowest BCUT2D eigenvalue weighted by molar-refractivity contribution is -0.137. The second kappa shape index (κ2) is 6.30. The van der Waals surface area contributed by atoms with Crippen molar-refractivity contribution in [2.75, 3.05) is 6.54 Å². The second-order valence-electron chi connectivity index (χ2n) is 6.15. The molecule has 1 aromatic carbocycles. The van der Waals surface area contributed by atoms with Crippen molar-refractivity contribution in [3.63, 3.8) is 0 Å². The van der Waals surface area contributed by atoms with Crippen LogP contribution in [0.5, 0.6) is 0 Å². The lowest BCUT2D eigenvalue weighted by Gasteiger charge is -2.14. The van der Waals surface area contributed by atoms with Crippen LogP contribution in [0.2, 0.25) is 0 Å². The van der Waals surface area contributed by atoms with Gasteiger partial charge in [0.15, 0.2) is 0 Å². The molecule has 1 aliphatic heterocycles. The summed E-state index contributed by atoms with van der Waals surface area (Å²) in [5.41, 5.74) is -1.37. The number of amides is 1. The first kappa shape index (κ1) is 17.1. The first-order valence-corrected chi connectivity index (χ1v) is 8.50. The maximum Gasteiger partial charge on any atom is 0.416 e. The molecule has 8 heteroatoms. The van der Waals surface area contributed by atoms with Crippen LogP contribution in [-0.4, -0.2) is 29.3 Å². The van der Waals surface area contributed by atoms with E-state index < -0.39 is 23.3 Å². The van der Waals surface area contributed by atoms with Crippen LogP contribution in [0.3, 0.4) is 0 Å². The standard InChI is InChI=1S/C16H16F3N3OS/c17-16(18,19)10-2-1-3-11(6-10)24-12-7-13(21-8-12)14(23)22-15(9-20)4-5-15/h1-3,6,12-13,21H,4-5,7-8H2,(H,22,23)/t12-,13+/m1/s1. The quantitative estimate of drug-likeness (QED) is 0.872. The summed E-state index contributed by atoms with van der Waals surface area (Å²) in [5, 5.41) is 14.9. The van der Waals surface area contributed by atoms with Crippen molar-refractivity contribution in [1.82, 2.24) is 10.6 Å². The number of hydrogen-bond donors (Lipinski definition) is 2. The molecule has 2 N–H and O–H groups in total. The number of carbonyl (C=O) groups is 1. The number of nitriles is 1. The van der Waals surface area contributed by atoms with Gasteiger partial charge in [0.1, 0.15) is 5.54 Å². The summed E-state index contributed by atoms with van der Waals surface area (Å²) < 4.78 is 38.2. The van der Waals surface area contributed by atoms with Gasteiger partial charge in [-0.2, -0.15) is 18.4 Å². The van der Waals surface area contributed by atoms with Crippen molar-refractivity contribution in [3.8, 4) is 6.07 Å². The Labute approximate surface area is 141 Å². The van der Waals surface area contributed by atoms with Crippen LogP contribution in [-0.2, 0) is 11.0 Å².